The summed E-state index contributed by atoms with van der Waals surface area (Å²) in [5.74, 6) is 0.739. The van der Waals surface area contributed by atoms with E-state index in [1.54, 1.807) is 0 Å². The summed E-state index contributed by atoms with van der Waals surface area (Å²) in [7, 11) is 0. The fraction of sp³-hybridized carbons (Fsp3) is 0.111. The van der Waals surface area contributed by atoms with Crippen LogP contribution in [0.25, 0.3) is 21.5 Å². The van der Waals surface area contributed by atoms with Crippen molar-refractivity contribution in [2.24, 2.45) is 10.1 Å². The summed E-state index contributed by atoms with van der Waals surface area (Å²) in [6.07, 6.45) is 1.82. The lowest BCUT2D eigenvalue weighted by molar-refractivity contribution is 0.920. The third-order valence-corrected chi connectivity index (χ3v) is 3.79. The summed E-state index contributed by atoms with van der Waals surface area (Å²) >= 11 is 0. The molecule has 1 aliphatic rings. The number of benzene rings is 3. The summed E-state index contributed by atoms with van der Waals surface area (Å²) < 4.78 is 0. The van der Waals surface area contributed by atoms with Crippen LogP contribution >= 0.6 is 0 Å². The molecule has 1 aliphatic heterocycles. The molecule has 4 nitrogen and oxygen atoms in total. The van der Waals surface area contributed by atoms with Crippen LogP contribution < -0.4 is 10.7 Å². The van der Waals surface area contributed by atoms with E-state index in [-0.39, 0.29) is 0 Å². The highest BCUT2D eigenvalue weighted by Crippen LogP contribution is 2.23. The second-order valence-corrected chi connectivity index (χ2v) is 5.33. The third kappa shape index (κ3) is 2.51. The first kappa shape index (κ1) is 12.8. The molecule has 0 atom stereocenters. The van der Waals surface area contributed by atoms with Crippen LogP contribution in [-0.2, 0) is 0 Å². The monoisotopic (exact) mass is 288 g/mol. The number of hydrogen-bond donors (Lipinski definition) is 2. The molecule has 0 saturated heterocycles. The summed E-state index contributed by atoms with van der Waals surface area (Å²) in [5.41, 5.74) is 3.98. The minimum atomic E-state index is 0.739. The van der Waals surface area contributed by atoms with E-state index in [0.717, 1.165) is 24.6 Å². The number of nitrogens with zero attached hydrogens (tertiary/aromatic N) is 2. The fourth-order valence-corrected chi connectivity index (χ4v) is 2.68. The second-order valence-electron chi connectivity index (χ2n) is 5.33. The fourth-order valence-electron chi connectivity index (χ4n) is 2.68. The highest BCUT2D eigenvalue weighted by Gasteiger charge is 2.02. The zero-order chi connectivity index (χ0) is 14.8. The molecular formula is C18H16N4. The molecule has 0 unspecified atom stereocenters. The molecule has 0 radical (unpaired) electrons. The van der Waals surface area contributed by atoms with Gasteiger partial charge in [-0.1, -0.05) is 36.4 Å². The summed E-state index contributed by atoms with van der Waals surface area (Å²) in [6.45, 7) is 1.68. The molecule has 22 heavy (non-hydrogen) atoms. The van der Waals surface area contributed by atoms with Crippen molar-refractivity contribution >= 4 is 33.7 Å². The normalized spacial score (nSPS) is 14.5. The van der Waals surface area contributed by atoms with Gasteiger partial charge < -0.3 is 5.32 Å². The Kier molecular flexibility index (Phi) is 3.20. The first-order valence-corrected chi connectivity index (χ1v) is 7.38. The number of hydrogen-bond acceptors (Lipinski definition) is 4. The molecular weight excluding hydrogens is 272 g/mol. The molecule has 0 fully saturated rings. The van der Waals surface area contributed by atoms with Gasteiger partial charge in [-0.2, -0.15) is 5.10 Å². The molecule has 4 heteroatoms. The highest BCUT2D eigenvalue weighted by molar-refractivity contribution is 6.00. The second kappa shape index (κ2) is 5.48. The number of guanidine groups is 1. The van der Waals surface area contributed by atoms with Gasteiger partial charge in [-0.25, -0.2) is 10.4 Å². The minimum absolute atomic E-state index is 0.739. The maximum atomic E-state index is 4.23. The van der Waals surface area contributed by atoms with Gasteiger partial charge in [0.1, 0.15) is 0 Å². The number of fused-ring (bicyclic) bond motifs is 2. The largest absolute Gasteiger partial charge is 0.353 e. The molecule has 0 amide bonds. The minimum Gasteiger partial charge on any atom is -0.353 e. The standard InChI is InChI=1S/C18H16N4/c1-2-4-15-11-17-9-13(5-6-16(17)10-14(15)3-1)12-21-22-18-19-7-8-20-18/h1-6,9-12H,7-8H2,(H2,19,20,22). The Hall–Kier alpha value is -2.88. The van der Waals surface area contributed by atoms with Gasteiger partial charge in [0.15, 0.2) is 0 Å². The van der Waals surface area contributed by atoms with Crippen LogP contribution in [0.1, 0.15) is 5.56 Å². The van der Waals surface area contributed by atoms with Gasteiger partial charge in [-0.3, -0.25) is 0 Å². The molecule has 3 aromatic carbocycles. The van der Waals surface area contributed by atoms with E-state index in [1.165, 1.54) is 21.5 Å². The molecule has 4 rings (SSSR count). The molecule has 108 valence electrons. The summed E-state index contributed by atoms with van der Waals surface area (Å²) in [6, 6.07) is 19.2. The van der Waals surface area contributed by atoms with Gasteiger partial charge in [0.25, 0.3) is 0 Å². The Labute approximate surface area is 128 Å². The van der Waals surface area contributed by atoms with Gasteiger partial charge >= 0.3 is 0 Å². The van der Waals surface area contributed by atoms with Gasteiger partial charge in [0, 0.05) is 6.54 Å². The van der Waals surface area contributed by atoms with E-state index in [9.17, 15) is 0 Å². The van der Waals surface area contributed by atoms with Crippen molar-refractivity contribution < 1.29 is 0 Å². The maximum absolute atomic E-state index is 4.23. The number of aliphatic imine (C=N–C) groups is 1. The molecule has 2 N–H and O–H groups in total. The molecule has 0 aromatic heterocycles. The van der Waals surface area contributed by atoms with E-state index >= 15 is 0 Å². The smallest absolute Gasteiger partial charge is 0.212 e. The number of hydrazone groups is 1. The average Bonchev–Trinajstić information content (AvgIpc) is 3.06. The molecule has 0 bridgehead atoms. The summed E-state index contributed by atoms with van der Waals surface area (Å²) in [4.78, 5) is 4.23. The van der Waals surface area contributed by atoms with Crippen LogP contribution in [0, 0.1) is 0 Å². The van der Waals surface area contributed by atoms with E-state index in [2.05, 4.69) is 75.4 Å². The van der Waals surface area contributed by atoms with Gasteiger partial charge in [0.2, 0.25) is 5.96 Å². The first-order valence-electron chi connectivity index (χ1n) is 7.38. The summed E-state index contributed by atoms with van der Waals surface area (Å²) in [5, 5.41) is 12.3. The quantitative estimate of drug-likeness (QED) is 0.433. The molecule has 0 saturated carbocycles. The van der Waals surface area contributed by atoms with Crippen LogP contribution in [-0.4, -0.2) is 25.3 Å². The zero-order valence-corrected chi connectivity index (χ0v) is 12.1. The van der Waals surface area contributed by atoms with Crippen LogP contribution in [0.15, 0.2) is 64.7 Å². The van der Waals surface area contributed by atoms with Crippen molar-refractivity contribution in [1.82, 2.24) is 10.7 Å². The first-order chi connectivity index (χ1) is 10.9. The molecule has 0 spiro atoms. The topological polar surface area (TPSA) is 48.8 Å². The molecule has 0 aliphatic carbocycles. The van der Waals surface area contributed by atoms with Crippen LogP contribution in [0.4, 0.5) is 0 Å². The molecule has 3 aromatic rings. The lowest BCUT2D eigenvalue weighted by atomic mass is 10.0. The lowest BCUT2D eigenvalue weighted by Crippen LogP contribution is -2.30. The Balaban J connectivity index is 1.64. The van der Waals surface area contributed by atoms with E-state index in [0.29, 0.717) is 0 Å². The van der Waals surface area contributed by atoms with Crippen molar-refractivity contribution in [1.29, 1.82) is 0 Å². The third-order valence-electron chi connectivity index (χ3n) is 3.79. The Morgan fingerprint density at radius 3 is 2.50 bits per heavy atom. The van der Waals surface area contributed by atoms with Crippen molar-refractivity contribution in [3.63, 3.8) is 0 Å². The highest BCUT2D eigenvalue weighted by atomic mass is 15.4. The van der Waals surface area contributed by atoms with Crippen molar-refractivity contribution in [2.45, 2.75) is 0 Å². The van der Waals surface area contributed by atoms with Gasteiger partial charge in [-0.05, 0) is 45.3 Å². The van der Waals surface area contributed by atoms with Crippen molar-refractivity contribution in [2.75, 3.05) is 13.1 Å². The van der Waals surface area contributed by atoms with E-state index < -0.39 is 0 Å². The maximum Gasteiger partial charge on any atom is 0.212 e. The van der Waals surface area contributed by atoms with E-state index in [1.807, 2.05) is 6.21 Å². The predicted octanol–water partition coefficient (Wildman–Crippen LogP) is 2.88. The van der Waals surface area contributed by atoms with Gasteiger partial charge in [-0.15, -0.1) is 0 Å². The van der Waals surface area contributed by atoms with E-state index in [4.69, 9.17) is 0 Å². The van der Waals surface area contributed by atoms with Crippen molar-refractivity contribution in [3.8, 4) is 0 Å². The van der Waals surface area contributed by atoms with Gasteiger partial charge in [0.05, 0.1) is 12.8 Å². The predicted molar refractivity (Wildman–Crippen MR) is 92.5 cm³/mol. The average molecular weight is 288 g/mol. The molecule has 1 heterocycles. The van der Waals surface area contributed by atoms with Crippen LogP contribution in [0.2, 0.25) is 0 Å². The van der Waals surface area contributed by atoms with Crippen LogP contribution in [0.5, 0.6) is 0 Å². The SMILES string of the molecule is C(=NNC1=NCCN1)c1ccc2cc3ccccc3cc2c1. The Morgan fingerprint density at radius 1 is 0.955 bits per heavy atom. The Bertz CT molecular complexity index is 896. The number of rotatable bonds is 2. The zero-order valence-electron chi connectivity index (χ0n) is 12.1. The lowest BCUT2D eigenvalue weighted by Gasteiger charge is -2.04. The Morgan fingerprint density at radius 2 is 1.73 bits per heavy atom. The van der Waals surface area contributed by atoms with Crippen molar-refractivity contribution in [3.05, 3.63) is 60.2 Å². The number of nitrogens with one attached hydrogen (secondary N) is 2. The van der Waals surface area contributed by atoms with Crippen LogP contribution in [0.3, 0.4) is 0 Å².